The van der Waals surface area contributed by atoms with Crippen LogP contribution in [0.1, 0.15) is 25.3 Å². The van der Waals surface area contributed by atoms with Crippen molar-refractivity contribution in [3.8, 4) is 5.75 Å². The summed E-state index contributed by atoms with van der Waals surface area (Å²) in [4.78, 5) is 41.6. The molecule has 0 bridgehead atoms. The van der Waals surface area contributed by atoms with E-state index in [9.17, 15) is 23.2 Å². The molecule has 1 heterocycles. The first-order chi connectivity index (χ1) is 17.4. The first-order valence-electron chi connectivity index (χ1n) is 11.5. The number of anilines is 2. The molecule has 7 nitrogen and oxygen atoms in total. The number of urea groups is 1. The van der Waals surface area contributed by atoms with Crippen molar-refractivity contribution in [3.05, 3.63) is 90.0 Å². The van der Waals surface area contributed by atoms with E-state index in [4.69, 9.17) is 4.74 Å². The van der Waals surface area contributed by atoms with Gasteiger partial charge >= 0.3 is 6.03 Å². The van der Waals surface area contributed by atoms with Gasteiger partial charge in [-0.05, 0) is 72.6 Å². The Morgan fingerprint density at radius 2 is 1.53 bits per heavy atom. The molecule has 0 radical (unpaired) electrons. The minimum Gasteiger partial charge on any atom is -0.494 e. The molecule has 4 rings (SSSR count). The van der Waals surface area contributed by atoms with Gasteiger partial charge in [-0.15, -0.1) is 0 Å². The van der Waals surface area contributed by atoms with Gasteiger partial charge in [-0.25, -0.2) is 18.5 Å². The fourth-order valence-corrected chi connectivity index (χ4v) is 3.87. The number of hydrogen-bond acceptors (Lipinski definition) is 4. The summed E-state index contributed by atoms with van der Waals surface area (Å²) < 4.78 is 32.3. The Morgan fingerprint density at radius 3 is 2.14 bits per heavy atom. The van der Waals surface area contributed by atoms with E-state index in [1.807, 2.05) is 6.92 Å². The average molecular weight is 494 g/mol. The lowest BCUT2D eigenvalue weighted by Crippen LogP contribution is -2.37. The van der Waals surface area contributed by atoms with Crippen LogP contribution >= 0.6 is 0 Å². The van der Waals surface area contributed by atoms with Crippen LogP contribution < -0.4 is 15.0 Å². The molecule has 1 aliphatic heterocycles. The van der Waals surface area contributed by atoms with Crippen LogP contribution in [-0.2, 0) is 16.1 Å². The molecule has 0 aromatic heterocycles. The molecule has 0 unspecified atom stereocenters. The first-order valence-corrected chi connectivity index (χ1v) is 11.5. The number of carbonyl (C=O) groups is 3. The van der Waals surface area contributed by atoms with E-state index in [-0.39, 0.29) is 18.7 Å². The lowest BCUT2D eigenvalue weighted by molar-refractivity contribution is -0.124. The highest BCUT2D eigenvalue weighted by molar-refractivity contribution is 6.22. The van der Waals surface area contributed by atoms with Gasteiger partial charge in [0.05, 0.1) is 18.7 Å². The van der Waals surface area contributed by atoms with Gasteiger partial charge in [-0.1, -0.05) is 19.1 Å². The molecule has 0 aliphatic carbocycles. The minimum atomic E-state index is -1.10. The number of amides is 4. The van der Waals surface area contributed by atoms with Crippen LogP contribution in [0, 0.1) is 11.6 Å². The predicted molar refractivity (Wildman–Crippen MR) is 130 cm³/mol. The summed E-state index contributed by atoms with van der Waals surface area (Å²) in [6, 6.07) is 15.6. The Bertz CT molecular complexity index is 1230. The van der Waals surface area contributed by atoms with Crippen LogP contribution in [0.15, 0.2) is 72.8 Å². The van der Waals surface area contributed by atoms with Gasteiger partial charge in [-0.2, -0.15) is 0 Å². The third-order valence-electron chi connectivity index (χ3n) is 5.66. The van der Waals surface area contributed by atoms with Gasteiger partial charge in [0.25, 0.3) is 5.91 Å². The van der Waals surface area contributed by atoms with Crippen molar-refractivity contribution in [2.24, 2.45) is 0 Å². The number of hydrogen-bond donors (Lipinski definition) is 1. The quantitative estimate of drug-likeness (QED) is 0.420. The molecular formula is C27H25F2N3O4. The molecule has 1 saturated heterocycles. The van der Waals surface area contributed by atoms with Gasteiger partial charge in [0.1, 0.15) is 23.4 Å². The second-order valence-electron chi connectivity index (χ2n) is 8.33. The van der Waals surface area contributed by atoms with Crippen LogP contribution in [0.3, 0.4) is 0 Å². The fourth-order valence-electron chi connectivity index (χ4n) is 3.87. The van der Waals surface area contributed by atoms with E-state index >= 15 is 0 Å². The van der Waals surface area contributed by atoms with Gasteiger partial charge in [-0.3, -0.25) is 9.59 Å². The molecule has 1 atom stereocenters. The summed E-state index contributed by atoms with van der Waals surface area (Å²) in [6.07, 6.45) is 0.577. The summed E-state index contributed by atoms with van der Waals surface area (Å²) >= 11 is 0. The molecular weight excluding hydrogens is 468 g/mol. The van der Waals surface area contributed by atoms with Gasteiger partial charge < -0.3 is 15.0 Å². The number of nitrogens with zero attached hydrogens (tertiary/aromatic N) is 2. The van der Waals surface area contributed by atoms with E-state index in [2.05, 4.69) is 5.32 Å². The molecule has 1 N–H and O–H groups in total. The summed E-state index contributed by atoms with van der Waals surface area (Å²) in [5, 5.41) is 2.74. The maximum atomic E-state index is 13.4. The van der Waals surface area contributed by atoms with Crippen LogP contribution in [0.2, 0.25) is 0 Å². The lowest BCUT2D eigenvalue weighted by atomic mass is 10.1. The molecule has 1 fully saturated rings. The van der Waals surface area contributed by atoms with Gasteiger partial charge in [0.2, 0.25) is 5.91 Å². The highest BCUT2D eigenvalue weighted by Crippen LogP contribution is 2.29. The Kier molecular flexibility index (Phi) is 7.58. The number of nitrogens with one attached hydrogen (secondary N) is 1. The highest BCUT2D eigenvalue weighted by Gasteiger charge is 2.46. The van der Waals surface area contributed by atoms with Crippen molar-refractivity contribution in [2.75, 3.05) is 16.8 Å². The topological polar surface area (TPSA) is 79.0 Å². The van der Waals surface area contributed by atoms with Crippen LogP contribution in [0.5, 0.6) is 5.75 Å². The largest absolute Gasteiger partial charge is 0.494 e. The highest BCUT2D eigenvalue weighted by atomic mass is 19.1. The molecule has 0 spiro atoms. The van der Waals surface area contributed by atoms with Crippen LogP contribution in [0.25, 0.3) is 0 Å². The average Bonchev–Trinajstić information content (AvgIpc) is 3.09. The van der Waals surface area contributed by atoms with Crippen molar-refractivity contribution < 1.29 is 27.9 Å². The predicted octanol–water partition coefficient (Wildman–Crippen LogP) is 5.12. The smallest absolute Gasteiger partial charge is 0.332 e. The Balaban J connectivity index is 1.53. The second-order valence-corrected chi connectivity index (χ2v) is 8.33. The fraction of sp³-hybridized carbons (Fsp3) is 0.222. The van der Waals surface area contributed by atoms with Gasteiger partial charge in [0, 0.05) is 12.2 Å². The van der Waals surface area contributed by atoms with Crippen molar-refractivity contribution >= 4 is 29.2 Å². The number of imide groups is 1. The maximum Gasteiger partial charge on any atom is 0.332 e. The van der Waals surface area contributed by atoms with Crippen molar-refractivity contribution in [1.29, 1.82) is 0 Å². The second kappa shape index (κ2) is 11.0. The van der Waals surface area contributed by atoms with E-state index in [1.165, 1.54) is 41.3 Å². The molecule has 0 saturated carbocycles. The third kappa shape index (κ3) is 5.68. The van der Waals surface area contributed by atoms with Crippen molar-refractivity contribution in [2.45, 2.75) is 32.4 Å². The zero-order valence-corrected chi connectivity index (χ0v) is 19.6. The van der Waals surface area contributed by atoms with Gasteiger partial charge in [0.15, 0.2) is 0 Å². The maximum absolute atomic E-state index is 13.4. The van der Waals surface area contributed by atoms with Crippen molar-refractivity contribution in [1.82, 2.24) is 4.90 Å². The molecule has 36 heavy (non-hydrogen) atoms. The van der Waals surface area contributed by atoms with E-state index in [1.54, 1.807) is 24.3 Å². The summed E-state index contributed by atoms with van der Waals surface area (Å²) in [6.45, 7) is 2.57. The molecule has 4 amide bonds. The molecule has 186 valence electrons. The Morgan fingerprint density at radius 1 is 0.917 bits per heavy atom. The number of benzene rings is 3. The standard InChI is InChI=1S/C27H25F2N3O4/c1-2-15-36-23-13-9-21(10-14-23)30-25(33)16-24-26(34)32(22-11-7-20(29)8-12-22)27(35)31(24)17-18-3-5-19(28)6-4-18/h3-14,24H,2,15-17H2,1H3,(H,30,33)/t24-/m0/s1. The Labute approximate surface area is 207 Å². The minimum absolute atomic E-state index is 0.00996. The Hall–Kier alpha value is -4.27. The van der Waals surface area contributed by atoms with E-state index < -0.39 is 35.5 Å². The molecule has 1 aliphatic rings. The van der Waals surface area contributed by atoms with Crippen LogP contribution in [-0.4, -0.2) is 35.4 Å². The number of rotatable bonds is 9. The monoisotopic (exact) mass is 493 g/mol. The number of ether oxygens (including phenoxy) is 1. The zero-order chi connectivity index (χ0) is 25.7. The molecule has 9 heteroatoms. The summed E-state index contributed by atoms with van der Waals surface area (Å²) in [7, 11) is 0. The summed E-state index contributed by atoms with van der Waals surface area (Å²) in [5.41, 5.74) is 1.30. The lowest BCUT2D eigenvalue weighted by Gasteiger charge is -2.21. The van der Waals surface area contributed by atoms with E-state index in [0.29, 0.717) is 23.6 Å². The number of halogens is 2. The SMILES string of the molecule is CCCOc1ccc(NC(=O)C[C@H]2C(=O)N(c3ccc(F)cc3)C(=O)N2Cc2ccc(F)cc2)cc1. The number of carbonyl (C=O) groups excluding carboxylic acids is 3. The normalized spacial score (nSPS) is 15.4. The third-order valence-corrected chi connectivity index (χ3v) is 5.66. The molecule has 3 aromatic carbocycles. The first kappa shape index (κ1) is 24.8. The van der Waals surface area contributed by atoms with Crippen LogP contribution in [0.4, 0.5) is 25.0 Å². The van der Waals surface area contributed by atoms with Crippen molar-refractivity contribution in [3.63, 3.8) is 0 Å². The van der Waals surface area contributed by atoms with E-state index in [0.717, 1.165) is 23.5 Å². The zero-order valence-electron chi connectivity index (χ0n) is 19.6. The summed E-state index contributed by atoms with van der Waals surface area (Å²) in [5.74, 6) is -1.34. The molecule has 3 aromatic rings.